The number of aryl methyl sites for hydroxylation is 1. The van der Waals surface area contributed by atoms with Gasteiger partial charge in [0.15, 0.2) is 0 Å². The molecule has 0 saturated carbocycles. The first-order valence-corrected chi connectivity index (χ1v) is 6.18. The number of anilines is 1. The Kier molecular flexibility index (Phi) is 4.17. The molecule has 2 rings (SSSR count). The fraction of sp³-hybridized carbons (Fsp3) is 0.188. The van der Waals surface area contributed by atoms with Crippen molar-refractivity contribution in [2.45, 2.75) is 13.0 Å². The maximum atomic E-state index is 9.55. The van der Waals surface area contributed by atoms with Crippen molar-refractivity contribution in [1.29, 1.82) is 5.26 Å². The maximum Gasteiger partial charge on any atom is 0.101 e. The number of aliphatic hydroxyl groups is 1. The summed E-state index contributed by atoms with van der Waals surface area (Å²) in [5.41, 5.74) is 3.37. The van der Waals surface area contributed by atoms with Crippen LogP contribution in [-0.2, 0) is 0 Å². The predicted molar refractivity (Wildman–Crippen MR) is 75.8 cm³/mol. The average Bonchev–Trinajstić information content (AvgIpc) is 2.46. The molecule has 19 heavy (non-hydrogen) atoms. The van der Waals surface area contributed by atoms with Crippen molar-refractivity contribution in [1.82, 2.24) is 0 Å². The summed E-state index contributed by atoms with van der Waals surface area (Å²) in [4.78, 5) is 0. The molecule has 0 spiro atoms. The molecule has 0 aliphatic heterocycles. The van der Waals surface area contributed by atoms with Crippen LogP contribution in [-0.4, -0.2) is 11.7 Å². The Morgan fingerprint density at radius 2 is 1.89 bits per heavy atom. The number of nitriles is 1. The average molecular weight is 252 g/mol. The molecule has 0 saturated heterocycles. The quantitative estimate of drug-likeness (QED) is 0.879. The zero-order valence-corrected chi connectivity index (χ0v) is 10.8. The first-order chi connectivity index (χ1) is 9.26. The van der Waals surface area contributed by atoms with E-state index < -0.39 is 0 Å². The molecule has 0 heterocycles. The number of hydrogen-bond donors (Lipinski definition) is 2. The van der Waals surface area contributed by atoms with E-state index >= 15 is 0 Å². The van der Waals surface area contributed by atoms with E-state index in [0.29, 0.717) is 5.56 Å². The lowest BCUT2D eigenvalue weighted by Crippen LogP contribution is -2.16. The smallest absolute Gasteiger partial charge is 0.101 e. The van der Waals surface area contributed by atoms with E-state index in [0.717, 1.165) is 16.8 Å². The van der Waals surface area contributed by atoms with Crippen LogP contribution in [0.2, 0.25) is 0 Å². The molecule has 3 heteroatoms. The Bertz CT molecular complexity index is 587. The van der Waals surface area contributed by atoms with Gasteiger partial charge in [0, 0.05) is 0 Å². The second-order valence-corrected chi connectivity index (χ2v) is 4.40. The first kappa shape index (κ1) is 13.1. The van der Waals surface area contributed by atoms with Crippen molar-refractivity contribution in [3.8, 4) is 6.07 Å². The minimum Gasteiger partial charge on any atom is -0.394 e. The number of benzene rings is 2. The molecule has 0 aliphatic carbocycles. The zero-order chi connectivity index (χ0) is 13.7. The number of hydrogen-bond acceptors (Lipinski definition) is 3. The van der Waals surface area contributed by atoms with Gasteiger partial charge in [0.05, 0.1) is 23.9 Å². The Morgan fingerprint density at radius 3 is 2.53 bits per heavy atom. The van der Waals surface area contributed by atoms with Gasteiger partial charge in [-0.3, -0.25) is 0 Å². The molecular formula is C16H16N2O. The SMILES string of the molecule is Cc1cccc(C#N)c1NC(CO)c1ccccc1. The number of rotatable bonds is 4. The van der Waals surface area contributed by atoms with Gasteiger partial charge < -0.3 is 10.4 Å². The summed E-state index contributed by atoms with van der Waals surface area (Å²) in [6, 6.07) is 17.3. The van der Waals surface area contributed by atoms with Crippen molar-refractivity contribution in [3.63, 3.8) is 0 Å². The molecule has 3 nitrogen and oxygen atoms in total. The molecule has 1 unspecified atom stereocenters. The predicted octanol–water partition coefficient (Wildman–Crippen LogP) is 3.01. The summed E-state index contributed by atoms with van der Waals surface area (Å²) < 4.78 is 0. The Balaban J connectivity index is 2.32. The van der Waals surface area contributed by atoms with Crippen LogP contribution in [0.3, 0.4) is 0 Å². The van der Waals surface area contributed by atoms with E-state index in [2.05, 4.69) is 11.4 Å². The lowest BCUT2D eigenvalue weighted by atomic mass is 10.0. The summed E-state index contributed by atoms with van der Waals surface area (Å²) in [7, 11) is 0. The fourth-order valence-corrected chi connectivity index (χ4v) is 2.05. The number of nitrogens with zero attached hydrogens (tertiary/aromatic N) is 1. The molecule has 2 aromatic rings. The van der Waals surface area contributed by atoms with E-state index in [1.807, 2.05) is 49.4 Å². The highest BCUT2D eigenvalue weighted by molar-refractivity contribution is 5.63. The van der Waals surface area contributed by atoms with Gasteiger partial charge >= 0.3 is 0 Å². The molecule has 0 amide bonds. The topological polar surface area (TPSA) is 56.0 Å². The minimum atomic E-state index is -0.214. The molecule has 0 fully saturated rings. The van der Waals surface area contributed by atoms with Gasteiger partial charge in [-0.15, -0.1) is 0 Å². The van der Waals surface area contributed by atoms with Crippen molar-refractivity contribution in [2.24, 2.45) is 0 Å². The van der Waals surface area contributed by atoms with Crippen LogP contribution >= 0.6 is 0 Å². The Morgan fingerprint density at radius 1 is 1.16 bits per heavy atom. The normalized spacial score (nSPS) is 11.6. The van der Waals surface area contributed by atoms with E-state index in [-0.39, 0.29) is 12.6 Å². The third kappa shape index (κ3) is 2.93. The van der Waals surface area contributed by atoms with Crippen LogP contribution in [0.15, 0.2) is 48.5 Å². The monoisotopic (exact) mass is 252 g/mol. The lowest BCUT2D eigenvalue weighted by molar-refractivity contribution is 0.276. The highest BCUT2D eigenvalue weighted by atomic mass is 16.3. The summed E-state index contributed by atoms with van der Waals surface area (Å²) in [5, 5.41) is 22.0. The van der Waals surface area contributed by atoms with Crippen molar-refractivity contribution in [3.05, 3.63) is 65.2 Å². The van der Waals surface area contributed by atoms with E-state index in [9.17, 15) is 5.11 Å². The second-order valence-electron chi connectivity index (χ2n) is 4.40. The molecule has 96 valence electrons. The van der Waals surface area contributed by atoms with Gasteiger partial charge in [0.2, 0.25) is 0 Å². The second kappa shape index (κ2) is 6.03. The molecule has 0 bridgehead atoms. The maximum absolute atomic E-state index is 9.55. The van der Waals surface area contributed by atoms with Crippen molar-refractivity contribution in [2.75, 3.05) is 11.9 Å². The highest BCUT2D eigenvalue weighted by Crippen LogP contribution is 2.25. The van der Waals surface area contributed by atoms with Crippen molar-refractivity contribution < 1.29 is 5.11 Å². The summed E-state index contributed by atoms with van der Waals surface area (Å²) in [6.45, 7) is 1.92. The van der Waals surface area contributed by atoms with Crippen LogP contribution in [0.5, 0.6) is 0 Å². The largest absolute Gasteiger partial charge is 0.394 e. The van der Waals surface area contributed by atoms with Gasteiger partial charge in [-0.1, -0.05) is 42.5 Å². The molecule has 1 atom stereocenters. The van der Waals surface area contributed by atoms with Gasteiger partial charge in [0.25, 0.3) is 0 Å². The van der Waals surface area contributed by atoms with Crippen LogP contribution < -0.4 is 5.32 Å². The summed E-state index contributed by atoms with van der Waals surface area (Å²) in [5.74, 6) is 0. The highest BCUT2D eigenvalue weighted by Gasteiger charge is 2.13. The Labute approximate surface area is 113 Å². The van der Waals surface area contributed by atoms with E-state index in [1.54, 1.807) is 6.07 Å². The third-order valence-electron chi connectivity index (χ3n) is 3.10. The standard InChI is InChI=1S/C16H16N2O/c1-12-6-5-9-14(10-17)16(12)18-15(11-19)13-7-3-2-4-8-13/h2-9,15,18-19H,11H2,1H3. The molecule has 2 aromatic carbocycles. The van der Waals surface area contributed by atoms with Gasteiger partial charge in [-0.25, -0.2) is 0 Å². The number of aliphatic hydroxyl groups excluding tert-OH is 1. The molecule has 0 aliphatic rings. The number of para-hydroxylation sites is 1. The molecular weight excluding hydrogens is 236 g/mol. The van der Waals surface area contributed by atoms with Crippen LogP contribution in [0.1, 0.15) is 22.7 Å². The summed E-state index contributed by atoms with van der Waals surface area (Å²) in [6.07, 6.45) is 0. The summed E-state index contributed by atoms with van der Waals surface area (Å²) >= 11 is 0. The first-order valence-electron chi connectivity index (χ1n) is 6.18. The van der Waals surface area contributed by atoms with E-state index in [4.69, 9.17) is 5.26 Å². The van der Waals surface area contributed by atoms with Crippen LogP contribution in [0.25, 0.3) is 0 Å². The lowest BCUT2D eigenvalue weighted by Gasteiger charge is -2.20. The minimum absolute atomic E-state index is 0.0246. The molecule has 0 radical (unpaired) electrons. The molecule has 0 aromatic heterocycles. The Hall–Kier alpha value is -2.31. The van der Waals surface area contributed by atoms with Gasteiger partial charge in [-0.2, -0.15) is 5.26 Å². The van der Waals surface area contributed by atoms with Gasteiger partial charge in [0.1, 0.15) is 6.07 Å². The number of nitrogens with one attached hydrogen (secondary N) is 1. The molecule has 2 N–H and O–H groups in total. The fourth-order valence-electron chi connectivity index (χ4n) is 2.05. The van der Waals surface area contributed by atoms with Crippen LogP contribution in [0, 0.1) is 18.3 Å². The van der Waals surface area contributed by atoms with Crippen LogP contribution in [0.4, 0.5) is 5.69 Å². The van der Waals surface area contributed by atoms with E-state index in [1.165, 1.54) is 0 Å². The van der Waals surface area contributed by atoms with Crippen molar-refractivity contribution >= 4 is 5.69 Å². The van der Waals surface area contributed by atoms with Gasteiger partial charge in [-0.05, 0) is 24.1 Å². The third-order valence-corrected chi connectivity index (χ3v) is 3.10. The zero-order valence-electron chi connectivity index (χ0n) is 10.8.